The molecule has 0 N–H and O–H groups in total. The molecule has 0 saturated carbocycles. The predicted octanol–water partition coefficient (Wildman–Crippen LogP) is 0.962. The molecule has 0 aliphatic rings. The summed E-state index contributed by atoms with van der Waals surface area (Å²) in [6.07, 6.45) is 1.58. The number of benzene rings is 1. The molecule has 4 nitrogen and oxygen atoms in total. The summed E-state index contributed by atoms with van der Waals surface area (Å²) in [5, 5.41) is 0. The molecule has 73 valence electrons. The highest BCUT2D eigenvalue weighted by atomic mass is 16.5. The fourth-order valence-corrected chi connectivity index (χ4v) is 0.978. The van der Waals surface area contributed by atoms with Crippen LogP contribution in [0.15, 0.2) is 24.3 Å². The molecule has 4 heteroatoms. The lowest BCUT2D eigenvalue weighted by Gasteiger charge is -2.06. The van der Waals surface area contributed by atoms with Gasteiger partial charge >= 0.3 is 5.97 Å². The molecule has 14 heavy (non-hydrogen) atoms. The van der Waals surface area contributed by atoms with E-state index in [2.05, 4.69) is 4.74 Å². The van der Waals surface area contributed by atoms with Gasteiger partial charge < -0.3 is 9.47 Å². The van der Waals surface area contributed by atoms with Crippen molar-refractivity contribution in [3.05, 3.63) is 29.8 Å². The van der Waals surface area contributed by atoms with Crippen molar-refractivity contribution in [2.75, 3.05) is 13.7 Å². The van der Waals surface area contributed by atoms with Crippen molar-refractivity contribution in [1.82, 2.24) is 0 Å². The van der Waals surface area contributed by atoms with Crippen LogP contribution in [0.3, 0.4) is 0 Å². The number of rotatable bonds is 4. The molecule has 1 aromatic rings. The molecular weight excluding hydrogens is 184 g/mol. The summed E-state index contributed by atoms with van der Waals surface area (Å²) in [6.45, 7) is -0.200. The van der Waals surface area contributed by atoms with Crippen LogP contribution in [-0.2, 0) is 9.53 Å². The minimum absolute atomic E-state index is 0.200. The summed E-state index contributed by atoms with van der Waals surface area (Å²) in [5.74, 6) is -0.172. The van der Waals surface area contributed by atoms with Crippen molar-refractivity contribution in [2.45, 2.75) is 0 Å². The first kappa shape index (κ1) is 10.2. The zero-order valence-electron chi connectivity index (χ0n) is 7.65. The highest BCUT2D eigenvalue weighted by molar-refractivity contribution is 5.92. The molecule has 1 rings (SSSR count). The Morgan fingerprint density at radius 2 is 2.14 bits per heavy atom. The number of esters is 1. The Morgan fingerprint density at radius 3 is 2.79 bits per heavy atom. The maximum Gasteiger partial charge on any atom is 0.341 e. The van der Waals surface area contributed by atoms with Gasteiger partial charge in [-0.3, -0.25) is 4.79 Å². The summed E-state index contributed by atoms with van der Waals surface area (Å²) < 4.78 is 9.52. The van der Waals surface area contributed by atoms with Crippen molar-refractivity contribution in [2.24, 2.45) is 0 Å². The molecule has 1 radical (unpaired) electrons. The molecule has 0 bridgehead atoms. The minimum atomic E-state index is -0.494. The predicted molar refractivity (Wildman–Crippen MR) is 49.0 cm³/mol. The molecule has 0 aromatic heterocycles. The summed E-state index contributed by atoms with van der Waals surface area (Å²) in [6, 6.07) is 6.53. The number of carbonyl (C=O) groups excluding carboxylic acids is 2. The van der Waals surface area contributed by atoms with Crippen LogP contribution in [0.5, 0.6) is 5.75 Å². The van der Waals surface area contributed by atoms with E-state index < -0.39 is 5.97 Å². The molecule has 0 aliphatic heterocycles. The third kappa shape index (κ3) is 2.32. The fourth-order valence-electron chi connectivity index (χ4n) is 0.978. The van der Waals surface area contributed by atoms with Gasteiger partial charge in [0.15, 0.2) is 6.61 Å². The second kappa shape index (κ2) is 5.01. The molecular formula is C10H9O4. The highest BCUT2D eigenvalue weighted by Crippen LogP contribution is 2.18. The zero-order chi connectivity index (χ0) is 10.4. The molecule has 0 amide bonds. The lowest BCUT2D eigenvalue weighted by molar-refractivity contribution is 0.0596. The number of hydrogen-bond donors (Lipinski definition) is 0. The van der Waals surface area contributed by atoms with Gasteiger partial charge in [0.05, 0.1) is 7.11 Å². The van der Waals surface area contributed by atoms with E-state index >= 15 is 0 Å². The lowest BCUT2D eigenvalue weighted by Crippen LogP contribution is -2.06. The largest absolute Gasteiger partial charge is 0.484 e. The van der Waals surface area contributed by atoms with Gasteiger partial charge in [0, 0.05) is 0 Å². The number of ether oxygens (including phenoxy) is 2. The zero-order valence-corrected chi connectivity index (χ0v) is 7.65. The van der Waals surface area contributed by atoms with Crippen LogP contribution in [0.2, 0.25) is 0 Å². The van der Waals surface area contributed by atoms with Gasteiger partial charge in [0.2, 0.25) is 6.29 Å². The van der Waals surface area contributed by atoms with Gasteiger partial charge in [-0.05, 0) is 12.1 Å². The van der Waals surface area contributed by atoms with Gasteiger partial charge in [-0.2, -0.15) is 0 Å². The Hall–Kier alpha value is -1.84. The Bertz CT molecular complexity index is 333. The Balaban J connectivity index is 2.90. The van der Waals surface area contributed by atoms with Crippen LogP contribution in [-0.4, -0.2) is 26.0 Å². The first-order valence-electron chi connectivity index (χ1n) is 3.94. The molecule has 1 aromatic carbocycles. The smallest absolute Gasteiger partial charge is 0.341 e. The average Bonchev–Trinajstić information content (AvgIpc) is 2.25. The van der Waals surface area contributed by atoms with E-state index in [1.54, 1.807) is 30.6 Å². The van der Waals surface area contributed by atoms with E-state index in [1.165, 1.54) is 7.11 Å². The van der Waals surface area contributed by atoms with E-state index in [0.717, 1.165) is 0 Å². The van der Waals surface area contributed by atoms with Gasteiger partial charge in [-0.25, -0.2) is 4.79 Å². The number of hydrogen-bond acceptors (Lipinski definition) is 4. The highest BCUT2D eigenvalue weighted by Gasteiger charge is 2.11. The van der Waals surface area contributed by atoms with Crippen LogP contribution < -0.4 is 4.74 Å². The van der Waals surface area contributed by atoms with Crippen molar-refractivity contribution in [3.8, 4) is 5.75 Å². The minimum Gasteiger partial charge on any atom is -0.484 e. The molecule has 0 unspecified atom stereocenters. The van der Waals surface area contributed by atoms with Crippen molar-refractivity contribution in [3.63, 3.8) is 0 Å². The first-order valence-corrected chi connectivity index (χ1v) is 3.94. The maximum atomic E-state index is 11.2. The van der Waals surface area contributed by atoms with Gasteiger partial charge in [0.1, 0.15) is 11.3 Å². The monoisotopic (exact) mass is 193 g/mol. The van der Waals surface area contributed by atoms with Crippen molar-refractivity contribution >= 4 is 12.3 Å². The van der Waals surface area contributed by atoms with E-state index in [1.807, 2.05) is 0 Å². The Kier molecular flexibility index (Phi) is 3.67. The molecule has 0 fully saturated rings. The third-order valence-corrected chi connectivity index (χ3v) is 1.58. The van der Waals surface area contributed by atoms with E-state index in [9.17, 15) is 9.59 Å². The second-order valence-corrected chi connectivity index (χ2v) is 2.42. The molecule has 0 saturated heterocycles. The Morgan fingerprint density at radius 1 is 1.43 bits per heavy atom. The normalized spacial score (nSPS) is 9.21. The van der Waals surface area contributed by atoms with Gasteiger partial charge in [0.25, 0.3) is 0 Å². The van der Waals surface area contributed by atoms with Gasteiger partial charge in [-0.15, -0.1) is 0 Å². The van der Waals surface area contributed by atoms with Gasteiger partial charge in [-0.1, -0.05) is 12.1 Å². The van der Waals surface area contributed by atoms with Crippen LogP contribution in [0.4, 0.5) is 0 Å². The first-order chi connectivity index (χ1) is 6.79. The summed E-state index contributed by atoms with van der Waals surface area (Å²) >= 11 is 0. The average molecular weight is 193 g/mol. The Labute approximate surface area is 81.4 Å². The molecule has 0 heterocycles. The van der Waals surface area contributed by atoms with E-state index in [4.69, 9.17) is 4.74 Å². The molecule has 0 aliphatic carbocycles. The van der Waals surface area contributed by atoms with E-state index in [0.29, 0.717) is 11.3 Å². The third-order valence-electron chi connectivity index (χ3n) is 1.58. The molecule has 0 spiro atoms. The van der Waals surface area contributed by atoms with Crippen LogP contribution in [0.1, 0.15) is 10.4 Å². The summed E-state index contributed by atoms with van der Waals surface area (Å²) in [7, 11) is 1.28. The number of methoxy groups -OCH3 is 1. The SMILES string of the molecule is COC(=O)c1ccccc1OC[C]=O. The van der Waals surface area contributed by atoms with Crippen LogP contribution in [0.25, 0.3) is 0 Å². The van der Waals surface area contributed by atoms with Crippen LogP contribution >= 0.6 is 0 Å². The molecule has 0 atom stereocenters. The van der Waals surface area contributed by atoms with Crippen molar-refractivity contribution in [1.29, 1.82) is 0 Å². The summed E-state index contributed by atoms with van der Waals surface area (Å²) in [5.41, 5.74) is 0.297. The standard InChI is InChI=1S/C10H9O4/c1-13-10(12)8-4-2-3-5-9(8)14-7-6-11/h2-5H,7H2,1H3. The quantitative estimate of drug-likeness (QED) is 0.668. The van der Waals surface area contributed by atoms with Crippen LogP contribution in [0, 0.1) is 0 Å². The number of carbonyl (C=O) groups is 1. The summed E-state index contributed by atoms with van der Waals surface area (Å²) in [4.78, 5) is 21.2. The number of para-hydroxylation sites is 1. The lowest BCUT2D eigenvalue weighted by atomic mass is 10.2. The maximum absolute atomic E-state index is 11.2. The second-order valence-electron chi connectivity index (χ2n) is 2.42. The topological polar surface area (TPSA) is 52.6 Å². The fraction of sp³-hybridized carbons (Fsp3) is 0.200. The van der Waals surface area contributed by atoms with E-state index in [-0.39, 0.29) is 6.61 Å². The van der Waals surface area contributed by atoms with Crippen molar-refractivity contribution < 1.29 is 19.1 Å².